The van der Waals surface area contributed by atoms with E-state index in [1.165, 1.54) is 41.2 Å². The molecule has 2 aromatic carbocycles. The summed E-state index contributed by atoms with van der Waals surface area (Å²) >= 11 is 0. The van der Waals surface area contributed by atoms with Crippen molar-refractivity contribution in [3.05, 3.63) is 83.8 Å². The van der Waals surface area contributed by atoms with Crippen LogP contribution in [-0.2, 0) is 12.7 Å². The van der Waals surface area contributed by atoms with Crippen LogP contribution in [0, 0.1) is 17.6 Å². The highest BCUT2D eigenvalue weighted by Gasteiger charge is 2.35. The Morgan fingerprint density at radius 3 is 2.59 bits per heavy atom. The monoisotopic (exact) mass is 539 g/mol. The van der Waals surface area contributed by atoms with Crippen LogP contribution < -0.4 is 9.42 Å². The van der Waals surface area contributed by atoms with Gasteiger partial charge in [-0.1, -0.05) is 10.7 Å². The lowest BCUT2D eigenvalue weighted by molar-refractivity contribution is -0.745. The Morgan fingerprint density at radius 2 is 1.85 bits per heavy atom. The Kier molecular flexibility index (Phi) is 6.16. The molecule has 0 aliphatic heterocycles. The number of aromatic amines is 1. The standard InChI is InChI=1S/C27H19F5N6O/c28-21-3-1-2-19(25(21)29)26-34-23-11-33-38(13-24(23)35-26)12-16-6-9-22(37-36-16)18-8-7-17(39-14-15-4-5-15)10-20(18)27(30,31)32/h1-3,6-11,13,15H,4-5,12,14H2/p+1. The summed E-state index contributed by atoms with van der Waals surface area (Å²) in [6.07, 6.45) is 0.538. The summed E-state index contributed by atoms with van der Waals surface area (Å²) < 4.78 is 76.3. The third-order valence-electron chi connectivity index (χ3n) is 6.37. The third-order valence-corrected chi connectivity index (χ3v) is 6.37. The number of aromatic nitrogens is 6. The number of imidazole rings is 1. The van der Waals surface area contributed by atoms with Crippen molar-refractivity contribution in [3.63, 3.8) is 0 Å². The Balaban J connectivity index is 1.22. The van der Waals surface area contributed by atoms with Crippen LogP contribution in [0.3, 0.4) is 0 Å². The molecule has 0 amide bonds. The number of fused-ring (bicyclic) bond motifs is 1. The Labute approximate surface area is 218 Å². The van der Waals surface area contributed by atoms with Crippen molar-refractivity contribution in [1.29, 1.82) is 0 Å². The molecule has 1 fully saturated rings. The molecule has 1 N–H and O–H groups in total. The lowest BCUT2D eigenvalue weighted by atomic mass is 10.0. The van der Waals surface area contributed by atoms with Crippen molar-refractivity contribution in [2.75, 3.05) is 6.61 Å². The van der Waals surface area contributed by atoms with E-state index < -0.39 is 23.4 Å². The molecule has 0 unspecified atom stereocenters. The number of nitrogens with one attached hydrogen (secondary N) is 1. The summed E-state index contributed by atoms with van der Waals surface area (Å²) in [6, 6.07) is 10.7. The van der Waals surface area contributed by atoms with E-state index in [4.69, 9.17) is 4.74 Å². The predicted octanol–water partition coefficient (Wildman–Crippen LogP) is 5.50. The average molecular weight is 539 g/mol. The van der Waals surface area contributed by atoms with Gasteiger partial charge >= 0.3 is 6.18 Å². The quantitative estimate of drug-likeness (QED) is 0.218. The van der Waals surface area contributed by atoms with Crippen molar-refractivity contribution in [3.8, 4) is 28.4 Å². The number of benzene rings is 2. The molecule has 12 heteroatoms. The predicted molar refractivity (Wildman–Crippen MR) is 129 cm³/mol. The highest BCUT2D eigenvalue weighted by molar-refractivity contribution is 5.77. The second-order valence-corrected chi connectivity index (χ2v) is 9.33. The highest BCUT2D eigenvalue weighted by Crippen LogP contribution is 2.39. The van der Waals surface area contributed by atoms with Gasteiger partial charge in [0.2, 0.25) is 12.7 Å². The first-order valence-corrected chi connectivity index (χ1v) is 12.1. The molecule has 1 aliphatic carbocycles. The second kappa shape index (κ2) is 9.68. The zero-order valence-corrected chi connectivity index (χ0v) is 20.2. The molecular weight excluding hydrogens is 519 g/mol. The number of H-pyrrole nitrogens is 1. The minimum atomic E-state index is -4.60. The van der Waals surface area contributed by atoms with Crippen LogP contribution >= 0.6 is 0 Å². The first-order valence-electron chi connectivity index (χ1n) is 12.1. The fourth-order valence-corrected chi connectivity index (χ4v) is 4.13. The molecule has 0 radical (unpaired) electrons. The summed E-state index contributed by atoms with van der Waals surface area (Å²) in [6.45, 7) is 0.566. The van der Waals surface area contributed by atoms with E-state index in [2.05, 4.69) is 25.3 Å². The Hall–Kier alpha value is -4.48. The molecule has 3 aromatic heterocycles. The molecule has 1 saturated carbocycles. The molecule has 0 bridgehead atoms. The first kappa shape index (κ1) is 24.8. The van der Waals surface area contributed by atoms with Gasteiger partial charge in [-0.2, -0.15) is 18.3 Å². The number of ether oxygens (including phenoxy) is 1. The van der Waals surface area contributed by atoms with Gasteiger partial charge in [0, 0.05) is 5.56 Å². The smallest absolute Gasteiger partial charge is 0.417 e. The summed E-state index contributed by atoms with van der Waals surface area (Å²) in [4.78, 5) is 7.22. The largest absolute Gasteiger partial charge is 0.493 e. The first-order chi connectivity index (χ1) is 18.7. The number of halogens is 5. The van der Waals surface area contributed by atoms with Crippen molar-refractivity contribution < 1.29 is 31.4 Å². The van der Waals surface area contributed by atoms with E-state index in [-0.39, 0.29) is 34.9 Å². The molecule has 5 aromatic rings. The summed E-state index contributed by atoms with van der Waals surface area (Å²) in [7, 11) is 0. The third kappa shape index (κ3) is 5.27. The highest BCUT2D eigenvalue weighted by atomic mass is 19.4. The zero-order chi connectivity index (χ0) is 27.1. The second-order valence-electron chi connectivity index (χ2n) is 9.33. The summed E-state index contributed by atoms with van der Waals surface area (Å²) in [5.41, 5.74) is 0.529. The number of rotatable bonds is 7. The van der Waals surface area contributed by atoms with Gasteiger partial charge in [-0.25, -0.2) is 13.8 Å². The molecule has 0 spiro atoms. The SMILES string of the molecule is Fc1cccc(-c2nc3cn[n+](Cc4ccc(-c5ccc(OCC6CC6)cc5C(F)(F)F)nn4)cc3[nH]2)c1F. The molecule has 1 aliphatic rings. The summed E-state index contributed by atoms with van der Waals surface area (Å²) in [5.74, 6) is -1.26. The Morgan fingerprint density at radius 1 is 1.00 bits per heavy atom. The number of hydrogen-bond acceptors (Lipinski definition) is 5. The molecule has 0 atom stereocenters. The van der Waals surface area contributed by atoms with Gasteiger partial charge in [-0.05, 0) is 66.3 Å². The van der Waals surface area contributed by atoms with Crippen LogP contribution in [0.2, 0.25) is 0 Å². The van der Waals surface area contributed by atoms with Crippen LogP contribution in [0.4, 0.5) is 22.0 Å². The molecular formula is C27H20F5N6O+. The van der Waals surface area contributed by atoms with Crippen LogP contribution in [0.25, 0.3) is 33.7 Å². The van der Waals surface area contributed by atoms with E-state index in [1.807, 2.05) is 0 Å². The van der Waals surface area contributed by atoms with E-state index in [9.17, 15) is 22.0 Å². The molecule has 0 saturated heterocycles. The minimum Gasteiger partial charge on any atom is -0.493 e. The molecule has 198 valence electrons. The topological polar surface area (TPSA) is 80.5 Å². The minimum absolute atomic E-state index is 0.0139. The van der Waals surface area contributed by atoms with Gasteiger partial charge < -0.3 is 9.72 Å². The average Bonchev–Trinajstić information content (AvgIpc) is 3.66. The van der Waals surface area contributed by atoms with Gasteiger partial charge in [0.15, 0.2) is 11.6 Å². The van der Waals surface area contributed by atoms with Crippen molar-refractivity contribution in [2.24, 2.45) is 5.92 Å². The maximum absolute atomic E-state index is 14.2. The van der Waals surface area contributed by atoms with Crippen LogP contribution in [0.1, 0.15) is 24.1 Å². The van der Waals surface area contributed by atoms with Crippen LogP contribution in [0.15, 0.2) is 60.9 Å². The number of hydrogen-bond donors (Lipinski definition) is 1. The van der Waals surface area contributed by atoms with Crippen molar-refractivity contribution in [2.45, 2.75) is 25.6 Å². The molecule has 7 nitrogen and oxygen atoms in total. The van der Waals surface area contributed by atoms with Gasteiger partial charge in [0.25, 0.3) is 0 Å². The van der Waals surface area contributed by atoms with Gasteiger partial charge in [0.05, 0.1) is 23.4 Å². The lowest BCUT2D eigenvalue weighted by Crippen LogP contribution is -2.38. The Bertz CT molecular complexity index is 1660. The fraction of sp³-hybridized carbons (Fsp3) is 0.222. The zero-order valence-electron chi connectivity index (χ0n) is 20.2. The van der Waals surface area contributed by atoms with Crippen molar-refractivity contribution >= 4 is 11.0 Å². The van der Waals surface area contributed by atoms with E-state index in [0.29, 0.717) is 29.3 Å². The van der Waals surface area contributed by atoms with Gasteiger partial charge in [-0.15, -0.1) is 5.10 Å². The summed E-state index contributed by atoms with van der Waals surface area (Å²) in [5, 5.41) is 12.4. The van der Waals surface area contributed by atoms with E-state index in [0.717, 1.165) is 25.0 Å². The number of nitrogens with zero attached hydrogens (tertiary/aromatic N) is 5. The van der Waals surface area contributed by atoms with Crippen LogP contribution in [-0.4, -0.2) is 31.9 Å². The van der Waals surface area contributed by atoms with Crippen LogP contribution in [0.5, 0.6) is 5.75 Å². The molecule has 6 rings (SSSR count). The van der Waals surface area contributed by atoms with E-state index >= 15 is 0 Å². The maximum Gasteiger partial charge on any atom is 0.417 e. The number of alkyl halides is 3. The van der Waals surface area contributed by atoms with Gasteiger partial charge in [-0.3, -0.25) is 0 Å². The van der Waals surface area contributed by atoms with E-state index in [1.54, 1.807) is 12.3 Å². The normalized spacial score (nSPS) is 13.7. The molecule has 3 heterocycles. The van der Waals surface area contributed by atoms with Gasteiger partial charge in [0.1, 0.15) is 34.5 Å². The lowest BCUT2D eigenvalue weighted by Gasteiger charge is -2.14. The van der Waals surface area contributed by atoms with Crippen molar-refractivity contribution in [1.82, 2.24) is 25.3 Å². The maximum atomic E-state index is 14.2. The molecule has 39 heavy (non-hydrogen) atoms. The fourth-order valence-electron chi connectivity index (χ4n) is 4.13.